The molecule has 0 heterocycles. The Hall–Kier alpha value is 0.359. The van der Waals surface area contributed by atoms with Crippen LogP contribution < -0.4 is 22.9 Å². The zero-order valence-corrected chi connectivity index (χ0v) is 6.65. The van der Waals surface area contributed by atoms with E-state index < -0.39 is 0 Å². The maximum absolute atomic E-state index is 5.17. The molecule has 8 N–H and O–H groups in total. The van der Waals surface area contributed by atoms with Gasteiger partial charge in [-0.3, -0.25) is 0 Å². The Bertz CT molecular complexity index is 31.7. The van der Waals surface area contributed by atoms with Gasteiger partial charge in [0, 0.05) is 26.2 Å². The second-order valence-electron chi connectivity index (χ2n) is 1.33. The van der Waals surface area contributed by atoms with Crippen molar-refractivity contribution in [1.29, 1.82) is 0 Å². The van der Waals surface area contributed by atoms with Gasteiger partial charge in [-0.25, -0.2) is 0 Å². The van der Waals surface area contributed by atoms with Gasteiger partial charge in [0.15, 0.2) is 0 Å². The first-order valence-electron chi connectivity index (χ1n) is 2.52. The molecule has 0 bridgehead atoms. The second-order valence-corrected chi connectivity index (χ2v) is 1.33. The van der Waals surface area contributed by atoms with Crippen LogP contribution in [-0.2, 0) is 17.1 Å². The molecular weight excluding hydrogens is 160 g/mol. The van der Waals surface area contributed by atoms with Gasteiger partial charge in [0.2, 0.25) is 0 Å². The molecule has 0 saturated carbocycles. The Morgan fingerprint density at radius 3 is 1.56 bits per heavy atom. The molecular formula is C4H16FeN4+3. The molecule has 1 radical (unpaired) electrons. The van der Waals surface area contributed by atoms with Gasteiger partial charge in [-0.1, -0.05) is 0 Å². The van der Waals surface area contributed by atoms with Gasteiger partial charge in [0.1, 0.15) is 0 Å². The third-order valence-corrected chi connectivity index (χ3v) is 0.642. The van der Waals surface area contributed by atoms with Gasteiger partial charge in [-0.15, -0.1) is 0 Å². The predicted octanol–water partition coefficient (Wildman–Crippen LogP) is -1.35. The molecule has 0 aromatic heterocycles. The van der Waals surface area contributed by atoms with Gasteiger partial charge in [0.25, 0.3) is 0 Å². The zero-order valence-electron chi connectivity index (χ0n) is 5.54. The third kappa shape index (κ3) is 17.8. The van der Waals surface area contributed by atoms with Gasteiger partial charge in [0.05, 0.1) is 0 Å². The smallest absolute Gasteiger partial charge is 0.344 e. The van der Waals surface area contributed by atoms with Gasteiger partial charge in [-0.05, 0) is 0 Å². The molecule has 0 unspecified atom stereocenters. The van der Waals surface area contributed by atoms with E-state index in [0.29, 0.717) is 13.1 Å². The monoisotopic (exact) mass is 176 g/mol. The van der Waals surface area contributed by atoms with Gasteiger partial charge >= 0.3 is 17.1 Å². The fourth-order valence-corrected chi connectivity index (χ4v) is 0.329. The third-order valence-electron chi connectivity index (χ3n) is 0.642. The molecule has 0 aliphatic heterocycles. The summed E-state index contributed by atoms with van der Waals surface area (Å²) in [5.41, 5.74) is 10.3. The molecule has 0 aliphatic carbocycles. The first-order chi connectivity index (χ1) is 3.41. The van der Waals surface area contributed by atoms with E-state index in [-0.39, 0.29) is 23.2 Å². The average Bonchev–Trinajstić information content (AvgIpc) is 1.69. The van der Waals surface area contributed by atoms with Crippen molar-refractivity contribution in [3.05, 3.63) is 0 Å². The van der Waals surface area contributed by atoms with Crippen molar-refractivity contribution in [3.8, 4) is 0 Å². The molecule has 9 heavy (non-hydrogen) atoms. The van der Waals surface area contributed by atoms with Crippen molar-refractivity contribution >= 4 is 0 Å². The van der Waals surface area contributed by atoms with Crippen LogP contribution in [0.5, 0.6) is 0 Å². The van der Waals surface area contributed by atoms with Crippen molar-refractivity contribution in [2.45, 2.75) is 0 Å². The first-order valence-corrected chi connectivity index (χ1v) is 2.52. The quantitative estimate of drug-likeness (QED) is 0.314. The molecule has 57 valence electrons. The van der Waals surface area contributed by atoms with Gasteiger partial charge in [-0.2, -0.15) is 0 Å². The number of nitrogens with one attached hydrogen (secondary N) is 1. The fraction of sp³-hybridized carbons (Fsp3) is 1.00. The van der Waals surface area contributed by atoms with Crippen LogP contribution in [0.3, 0.4) is 0 Å². The van der Waals surface area contributed by atoms with Crippen LogP contribution in [0.2, 0.25) is 0 Å². The van der Waals surface area contributed by atoms with Crippen molar-refractivity contribution in [2.75, 3.05) is 26.2 Å². The minimum atomic E-state index is 0. The zero-order chi connectivity index (χ0) is 5.54. The number of rotatable bonds is 4. The van der Waals surface area contributed by atoms with Crippen LogP contribution >= 0.6 is 0 Å². The SMILES string of the molecule is N.NCCNCCN.[Fe+3]. The molecule has 0 rings (SSSR count). The average molecular weight is 176 g/mol. The van der Waals surface area contributed by atoms with E-state index in [1.807, 2.05) is 0 Å². The fourth-order valence-electron chi connectivity index (χ4n) is 0.329. The summed E-state index contributed by atoms with van der Waals surface area (Å²) < 4.78 is 0. The van der Waals surface area contributed by atoms with Crippen LogP contribution in [0.15, 0.2) is 0 Å². The predicted molar refractivity (Wildman–Crippen MR) is 36.0 cm³/mol. The van der Waals surface area contributed by atoms with E-state index in [1.165, 1.54) is 0 Å². The van der Waals surface area contributed by atoms with Gasteiger partial charge < -0.3 is 22.9 Å². The second kappa shape index (κ2) is 15.8. The molecule has 0 fully saturated rings. The largest absolute Gasteiger partial charge is 3.00 e. The summed E-state index contributed by atoms with van der Waals surface area (Å²) in [5, 5.41) is 3.03. The number of hydrogen-bond donors (Lipinski definition) is 4. The summed E-state index contributed by atoms with van der Waals surface area (Å²) >= 11 is 0. The van der Waals surface area contributed by atoms with Crippen molar-refractivity contribution in [2.24, 2.45) is 11.5 Å². The molecule has 0 amide bonds. The Labute approximate surface area is 66.8 Å². The summed E-state index contributed by atoms with van der Waals surface area (Å²) in [6.45, 7) is 3.13. The van der Waals surface area contributed by atoms with E-state index in [0.717, 1.165) is 13.1 Å². The maximum Gasteiger partial charge on any atom is 3.00 e. The number of hydrogen-bond acceptors (Lipinski definition) is 4. The maximum atomic E-state index is 5.17. The summed E-state index contributed by atoms with van der Waals surface area (Å²) in [6.07, 6.45) is 0. The molecule has 5 heteroatoms. The van der Waals surface area contributed by atoms with E-state index in [4.69, 9.17) is 11.5 Å². The topological polar surface area (TPSA) is 99.1 Å². The van der Waals surface area contributed by atoms with Crippen molar-refractivity contribution < 1.29 is 17.1 Å². The Morgan fingerprint density at radius 2 is 1.33 bits per heavy atom. The minimum Gasteiger partial charge on any atom is -0.344 e. The van der Waals surface area contributed by atoms with Crippen molar-refractivity contribution in [3.63, 3.8) is 0 Å². The molecule has 0 saturated heterocycles. The van der Waals surface area contributed by atoms with E-state index in [2.05, 4.69) is 5.32 Å². The first kappa shape index (κ1) is 16.2. The molecule has 0 aromatic carbocycles. The summed E-state index contributed by atoms with van der Waals surface area (Å²) in [6, 6.07) is 0. The van der Waals surface area contributed by atoms with E-state index in [9.17, 15) is 0 Å². The van der Waals surface area contributed by atoms with Crippen LogP contribution in [0, 0.1) is 0 Å². The molecule has 0 atom stereocenters. The van der Waals surface area contributed by atoms with Crippen LogP contribution in [0.1, 0.15) is 0 Å². The minimum absolute atomic E-state index is 0. The summed E-state index contributed by atoms with van der Waals surface area (Å²) in [7, 11) is 0. The van der Waals surface area contributed by atoms with E-state index >= 15 is 0 Å². The van der Waals surface area contributed by atoms with Crippen molar-refractivity contribution in [1.82, 2.24) is 11.5 Å². The van der Waals surface area contributed by atoms with Crippen LogP contribution in [-0.4, -0.2) is 26.2 Å². The van der Waals surface area contributed by atoms with E-state index in [1.54, 1.807) is 0 Å². The summed E-state index contributed by atoms with van der Waals surface area (Å²) in [4.78, 5) is 0. The normalized spacial score (nSPS) is 7.33. The Morgan fingerprint density at radius 1 is 1.00 bits per heavy atom. The summed E-state index contributed by atoms with van der Waals surface area (Å²) in [5.74, 6) is 0. The standard InChI is InChI=1S/C4H13N3.Fe.H3N/c5-1-3-7-4-2-6;;/h7H,1-6H2;;1H3/q;+3;. The molecule has 0 aromatic rings. The molecule has 0 spiro atoms. The van der Waals surface area contributed by atoms with Crippen LogP contribution in [0.25, 0.3) is 0 Å². The Balaban J connectivity index is -0.000000180. The van der Waals surface area contributed by atoms with Crippen LogP contribution in [0.4, 0.5) is 0 Å². The Kier molecular flexibility index (Phi) is 28.3. The number of nitrogens with two attached hydrogens (primary N) is 2. The molecule has 4 nitrogen and oxygen atoms in total. The molecule has 0 aliphatic rings.